The van der Waals surface area contributed by atoms with E-state index in [1.54, 1.807) is 7.11 Å². The minimum absolute atomic E-state index is 0. The van der Waals surface area contributed by atoms with Gasteiger partial charge in [-0.3, -0.25) is 0 Å². The first-order valence-electron chi connectivity index (χ1n) is 4.75. The largest absolute Gasteiger partial charge is 2.00 e. The predicted octanol–water partition coefficient (Wildman–Crippen LogP) is 3.52. The van der Waals surface area contributed by atoms with Crippen LogP contribution in [0.5, 0.6) is 0 Å². The molecule has 0 bridgehead atoms. The molecule has 2 heteroatoms. The molecule has 0 unspecified atom stereocenters. The molecule has 0 radical (unpaired) electrons. The van der Waals surface area contributed by atoms with Gasteiger partial charge < -0.3 is 4.74 Å². The number of methoxy groups -OCH3 is 1. The Labute approximate surface area is 102 Å². The van der Waals surface area contributed by atoms with Crippen molar-refractivity contribution in [2.75, 3.05) is 7.11 Å². The van der Waals surface area contributed by atoms with Crippen LogP contribution in [0.1, 0.15) is 18.6 Å². The van der Waals surface area contributed by atoms with E-state index < -0.39 is 0 Å². The molecule has 0 spiro atoms. The monoisotopic (exact) mass is 244 g/mol. The smallest absolute Gasteiger partial charge is 0.379 e. The molecule has 0 aliphatic carbocycles. The van der Waals surface area contributed by atoms with Crippen molar-refractivity contribution in [3.05, 3.63) is 60.2 Å². The van der Waals surface area contributed by atoms with Gasteiger partial charge in [0.2, 0.25) is 0 Å². The summed E-state index contributed by atoms with van der Waals surface area (Å²) in [6.07, 6.45) is 0.236. The van der Waals surface area contributed by atoms with Crippen molar-refractivity contribution < 1.29 is 21.8 Å². The third kappa shape index (κ3) is 5.58. The average molecular weight is 244 g/mol. The van der Waals surface area contributed by atoms with Crippen molar-refractivity contribution >= 4 is 0 Å². The van der Waals surface area contributed by atoms with Crippen molar-refractivity contribution in [2.45, 2.75) is 13.0 Å². The number of ether oxygens (including phenoxy) is 1. The summed E-state index contributed by atoms with van der Waals surface area (Å²) in [5.41, 5.74) is 1.25. The molecule has 2 aromatic rings. The summed E-state index contributed by atoms with van der Waals surface area (Å²) in [6.45, 7) is 2.04. The molecule has 82 valence electrons. The van der Waals surface area contributed by atoms with Gasteiger partial charge in [-0.05, 0) is 6.92 Å². The maximum absolute atomic E-state index is 5.09. The molecule has 0 N–H and O–H groups in total. The number of rotatable bonds is 2. The molecule has 1 nitrogen and oxygen atoms in total. The van der Waals surface area contributed by atoms with Gasteiger partial charge in [0, 0.05) is 7.11 Å². The van der Waals surface area contributed by atoms with Crippen molar-refractivity contribution in [1.29, 1.82) is 0 Å². The van der Waals surface area contributed by atoms with Crippen LogP contribution in [-0.2, 0) is 21.8 Å². The quantitative estimate of drug-likeness (QED) is 0.580. The van der Waals surface area contributed by atoms with Crippen molar-refractivity contribution in [3.63, 3.8) is 0 Å². The zero-order valence-electron chi connectivity index (χ0n) is 9.04. The second-order valence-electron chi connectivity index (χ2n) is 3.06. The van der Waals surface area contributed by atoms with E-state index in [2.05, 4.69) is 12.1 Å². The SMILES string of the molecule is CO[C@H](C)c1ccc[cH-]1.[Fe+2].c1cc[cH-]c1. The van der Waals surface area contributed by atoms with Gasteiger partial charge in [0.15, 0.2) is 0 Å². The van der Waals surface area contributed by atoms with Crippen LogP contribution in [0.25, 0.3) is 0 Å². The first-order valence-corrected chi connectivity index (χ1v) is 4.75. The van der Waals surface area contributed by atoms with Gasteiger partial charge in [-0.15, -0.1) is 5.56 Å². The van der Waals surface area contributed by atoms with Crippen LogP contribution >= 0.6 is 0 Å². The third-order valence-corrected chi connectivity index (χ3v) is 2.07. The van der Waals surface area contributed by atoms with Crippen LogP contribution < -0.4 is 0 Å². The Morgan fingerprint density at radius 3 is 2.13 bits per heavy atom. The Balaban J connectivity index is 0.000000280. The summed E-state index contributed by atoms with van der Waals surface area (Å²) in [5, 5.41) is 0. The Kier molecular flexibility index (Phi) is 8.02. The summed E-state index contributed by atoms with van der Waals surface area (Å²) in [6, 6.07) is 18.2. The molecule has 0 aliphatic heterocycles. The van der Waals surface area contributed by atoms with E-state index in [4.69, 9.17) is 4.74 Å². The molecular formula is C13H16FeO. The second kappa shape index (κ2) is 8.48. The standard InChI is InChI=1S/C8H11O.C5H5.Fe/c1-7(9-2)8-5-3-4-6-8;1-2-4-5-3-1;/h3-7H,1-2H3;1-5H;/q2*-1;+2/t7-;;/m1../s1. The van der Waals surface area contributed by atoms with Gasteiger partial charge in [0.05, 0.1) is 6.10 Å². The zero-order valence-corrected chi connectivity index (χ0v) is 10.1. The Hall–Kier alpha value is -0.821. The topological polar surface area (TPSA) is 9.23 Å². The van der Waals surface area contributed by atoms with Crippen LogP contribution in [0.3, 0.4) is 0 Å². The molecule has 1 atom stereocenters. The van der Waals surface area contributed by atoms with E-state index in [0.29, 0.717) is 0 Å². The fourth-order valence-corrected chi connectivity index (χ4v) is 1.12. The fourth-order valence-electron chi connectivity index (χ4n) is 1.12. The molecule has 2 rings (SSSR count). The van der Waals surface area contributed by atoms with Crippen molar-refractivity contribution in [2.24, 2.45) is 0 Å². The van der Waals surface area contributed by atoms with Gasteiger partial charge >= 0.3 is 17.1 Å². The number of hydrogen-bond donors (Lipinski definition) is 0. The van der Waals surface area contributed by atoms with E-state index in [0.717, 1.165) is 0 Å². The predicted molar refractivity (Wildman–Crippen MR) is 59.5 cm³/mol. The molecule has 0 saturated heterocycles. The molecule has 15 heavy (non-hydrogen) atoms. The minimum atomic E-state index is 0. The molecule has 0 heterocycles. The van der Waals surface area contributed by atoms with Gasteiger partial charge in [-0.1, -0.05) is 0 Å². The van der Waals surface area contributed by atoms with Crippen LogP contribution in [0, 0.1) is 0 Å². The summed E-state index contributed by atoms with van der Waals surface area (Å²) in [7, 11) is 1.72. The van der Waals surface area contributed by atoms with E-state index >= 15 is 0 Å². The summed E-state index contributed by atoms with van der Waals surface area (Å²) < 4.78 is 5.09. The van der Waals surface area contributed by atoms with E-state index in [-0.39, 0.29) is 23.2 Å². The van der Waals surface area contributed by atoms with Crippen LogP contribution in [0.2, 0.25) is 0 Å². The summed E-state index contributed by atoms with van der Waals surface area (Å²) in [4.78, 5) is 0. The molecule has 2 aromatic carbocycles. The average Bonchev–Trinajstić information content (AvgIpc) is 2.91. The molecular weight excluding hydrogens is 228 g/mol. The van der Waals surface area contributed by atoms with Crippen LogP contribution in [0.15, 0.2) is 54.6 Å². The normalized spacial score (nSPS) is 10.8. The second-order valence-corrected chi connectivity index (χ2v) is 3.06. The van der Waals surface area contributed by atoms with Gasteiger partial charge in [0.25, 0.3) is 0 Å². The minimum Gasteiger partial charge on any atom is -0.379 e. The van der Waals surface area contributed by atoms with Gasteiger partial charge in [0.1, 0.15) is 0 Å². The molecule has 0 saturated carbocycles. The summed E-state index contributed by atoms with van der Waals surface area (Å²) >= 11 is 0. The van der Waals surface area contributed by atoms with Gasteiger partial charge in [-0.2, -0.15) is 30.3 Å². The zero-order chi connectivity index (χ0) is 10.2. The maximum atomic E-state index is 5.09. The third-order valence-electron chi connectivity index (χ3n) is 2.07. The molecule has 0 aromatic heterocycles. The van der Waals surface area contributed by atoms with E-state index in [9.17, 15) is 0 Å². The first kappa shape index (κ1) is 14.2. The van der Waals surface area contributed by atoms with Crippen molar-refractivity contribution in [1.82, 2.24) is 0 Å². The van der Waals surface area contributed by atoms with E-state index in [1.165, 1.54) is 5.56 Å². The molecule has 0 amide bonds. The summed E-state index contributed by atoms with van der Waals surface area (Å²) in [5.74, 6) is 0. The molecule has 0 fully saturated rings. The first-order chi connectivity index (χ1) is 6.84. The fraction of sp³-hybridized carbons (Fsp3) is 0.231. The Morgan fingerprint density at radius 1 is 1.13 bits per heavy atom. The Morgan fingerprint density at radius 2 is 1.80 bits per heavy atom. The maximum Gasteiger partial charge on any atom is 2.00 e. The van der Waals surface area contributed by atoms with Crippen LogP contribution in [0.4, 0.5) is 0 Å². The van der Waals surface area contributed by atoms with Crippen molar-refractivity contribution in [3.8, 4) is 0 Å². The Bertz CT molecular complexity index is 280. The number of hydrogen-bond acceptors (Lipinski definition) is 1. The van der Waals surface area contributed by atoms with Gasteiger partial charge in [-0.25, -0.2) is 24.3 Å². The molecule has 0 aliphatic rings. The van der Waals surface area contributed by atoms with E-state index in [1.807, 2.05) is 49.4 Å². The van der Waals surface area contributed by atoms with Crippen LogP contribution in [-0.4, -0.2) is 7.11 Å².